The van der Waals surface area contributed by atoms with Gasteiger partial charge < -0.3 is 19.5 Å². The minimum Gasteiger partial charge on any atom is -0.496 e. The zero-order valence-corrected chi connectivity index (χ0v) is 17.8. The van der Waals surface area contributed by atoms with E-state index in [2.05, 4.69) is 9.97 Å². The van der Waals surface area contributed by atoms with E-state index >= 15 is 0 Å². The highest BCUT2D eigenvalue weighted by Crippen LogP contribution is 2.43. The molecule has 0 spiro atoms. The molecule has 0 saturated carbocycles. The standard InChI is InChI=1S/C23H20FN3O3S/c1-29-18-7-8-19(30-2)20-15(18)9-27(10-17(20)28)22-21-16(11-31-23(21)26-12-25-22)13-3-5-14(24)6-4-13/h3-8,11-12,17,28H,9-10H2,1-2H3/t17-/m1/s1. The summed E-state index contributed by atoms with van der Waals surface area (Å²) >= 11 is 1.51. The molecule has 8 heteroatoms. The van der Waals surface area contributed by atoms with Gasteiger partial charge in [0.1, 0.15) is 40.4 Å². The maximum atomic E-state index is 13.4. The Morgan fingerprint density at radius 3 is 2.55 bits per heavy atom. The number of rotatable bonds is 4. The number of aromatic nitrogens is 2. The Balaban J connectivity index is 1.64. The number of ether oxygens (including phenoxy) is 2. The quantitative estimate of drug-likeness (QED) is 0.505. The molecule has 0 bridgehead atoms. The first-order valence-electron chi connectivity index (χ1n) is 9.75. The molecule has 1 atom stereocenters. The molecular weight excluding hydrogens is 417 g/mol. The van der Waals surface area contributed by atoms with E-state index in [1.807, 2.05) is 22.4 Å². The van der Waals surface area contributed by atoms with E-state index in [1.54, 1.807) is 26.4 Å². The number of β-amino-alcohol motifs (C(OH)–C–C–N with tert-alkyl or cyclic N) is 1. The molecule has 1 aliphatic heterocycles. The second-order valence-corrected chi connectivity index (χ2v) is 8.15. The number of thiophene rings is 1. The van der Waals surface area contributed by atoms with Crippen molar-refractivity contribution >= 4 is 27.4 Å². The normalized spacial score (nSPS) is 15.7. The fraction of sp³-hybridized carbons (Fsp3) is 0.217. The highest BCUT2D eigenvalue weighted by Gasteiger charge is 2.31. The third-order valence-electron chi connectivity index (χ3n) is 5.59. The van der Waals surface area contributed by atoms with Crippen molar-refractivity contribution in [3.8, 4) is 22.6 Å². The number of methoxy groups -OCH3 is 2. The molecule has 3 heterocycles. The number of aliphatic hydroxyl groups excluding tert-OH is 1. The molecule has 0 amide bonds. The molecule has 31 heavy (non-hydrogen) atoms. The summed E-state index contributed by atoms with van der Waals surface area (Å²) < 4.78 is 24.5. The zero-order chi connectivity index (χ0) is 21.5. The van der Waals surface area contributed by atoms with Gasteiger partial charge in [0.2, 0.25) is 0 Å². The van der Waals surface area contributed by atoms with Crippen LogP contribution in [-0.2, 0) is 6.54 Å². The lowest BCUT2D eigenvalue weighted by atomic mass is 9.94. The van der Waals surface area contributed by atoms with Gasteiger partial charge in [0, 0.05) is 28.6 Å². The highest BCUT2D eigenvalue weighted by atomic mass is 32.1. The summed E-state index contributed by atoms with van der Waals surface area (Å²) in [5, 5.41) is 13.9. The summed E-state index contributed by atoms with van der Waals surface area (Å²) in [7, 11) is 3.21. The van der Waals surface area contributed by atoms with Crippen molar-refractivity contribution in [1.82, 2.24) is 9.97 Å². The van der Waals surface area contributed by atoms with Crippen LogP contribution in [0.25, 0.3) is 21.3 Å². The SMILES string of the molecule is COc1ccc(OC)c2c1CN(c1ncnc3scc(-c4ccc(F)cc4)c13)C[C@H]2O. The first kappa shape index (κ1) is 19.7. The van der Waals surface area contributed by atoms with Crippen LogP contribution < -0.4 is 14.4 Å². The molecule has 2 aromatic heterocycles. The average Bonchev–Trinajstić information content (AvgIpc) is 3.23. The molecule has 0 unspecified atom stereocenters. The van der Waals surface area contributed by atoms with Crippen LogP contribution in [0.4, 0.5) is 10.2 Å². The van der Waals surface area contributed by atoms with Gasteiger partial charge in [0.25, 0.3) is 0 Å². The van der Waals surface area contributed by atoms with Crippen molar-refractivity contribution in [1.29, 1.82) is 0 Å². The first-order valence-corrected chi connectivity index (χ1v) is 10.6. The number of halogens is 1. The Kier molecular flexibility index (Phi) is 4.95. The Morgan fingerprint density at radius 2 is 1.81 bits per heavy atom. The molecular formula is C23H20FN3O3S. The van der Waals surface area contributed by atoms with Crippen molar-refractivity contribution in [2.24, 2.45) is 0 Å². The molecule has 0 aliphatic carbocycles. The van der Waals surface area contributed by atoms with Crippen LogP contribution in [0, 0.1) is 5.82 Å². The van der Waals surface area contributed by atoms with Crippen molar-refractivity contribution in [2.45, 2.75) is 12.6 Å². The second-order valence-electron chi connectivity index (χ2n) is 7.29. The van der Waals surface area contributed by atoms with Gasteiger partial charge in [-0.15, -0.1) is 11.3 Å². The maximum Gasteiger partial charge on any atom is 0.141 e. The van der Waals surface area contributed by atoms with Crippen molar-refractivity contribution in [3.63, 3.8) is 0 Å². The van der Waals surface area contributed by atoms with Gasteiger partial charge in [-0.1, -0.05) is 12.1 Å². The van der Waals surface area contributed by atoms with Gasteiger partial charge in [0.05, 0.1) is 26.2 Å². The Morgan fingerprint density at radius 1 is 1.06 bits per heavy atom. The van der Waals surface area contributed by atoms with E-state index in [0.29, 0.717) is 24.6 Å². The highest BCUT2D eigenvalue weighted by molar-refractivity contribution is 7.17. The summed E-state index contributed by atoms with van der Waals surface area (Å²) in [6.07, 6.45) is 0.763. The number of fused-ring (bicyclic) bond motifs is 2. The van der Waals surface area contributed by atoms with E-state index in [1.165, 1.54) is 29.8 Å². The van der Waals surface area contributed by atoms with Crippen LogP contribution in [0.1, 0.15) is 17.2 Å². The van der Waals surface area contributed by atoms with E-state index in [0.717, 1.165) is 38.3 Å². The topological polar surface area (TPSA) is 67.7 Å². The lowest BCUT2D eigenvalue weighted by Gasteiger charge is -2.35. The maximum absolute atomic E-state index is 13.4. The molecule has 1 aliphatic rings. The fourth-order valence-corrected chi connectivity index (χ4v) is 5.09. The van der Waals surface area contributed by atoms with Crippen LogP contribution in [0.3, 0.4) is 0 Å². The molecule has 2 aromatic carbocycles. The Hall–Kier alpha value is -3.23. The number of nitrogens with zero attached hydrogens (tertiary/aromatic N) is 3. The molecule has 0 radical (unpaired) electrons. The van der Waals surface area contributed by atoms with Gasteiger partial charge in [0.15, 0.2) is 0 Å². The molecule has 0 saturated heterocycles. The van der Waals surface area contributed by atoms with Crippen LogP contribution in [0.5, 0.6) is 11.5 Å². The molecule has 158 valence electrons. The number of hydrogen-bond donors (Lipinski definition) is 1. The predicted molar refractivity (Wildman–Crippen MR) is 118 cm³/mol. The fourth-order valence-electron chi connectivity index (χ4n) is 4.18. The van der Waals surface area contributed by atoms with E-state index in [-0.39, 0.29) is 5.82 Å². The van der Waals surface area contributed by atoms with E-state index in [9.17, 15) is 9.50 Å². The van der Waals surface area contributed by atoms with Crippen LogP contribution in [0.2, 0.25) is 0 Å². The minimum absolute atomic E-state index is 0.281. The van der Waals surface area contributed by atoms with Gasteiger partial charge >= 0.3 is 0 Å². The largest absolute Gasteiger partial charge is 0.496 e. The van der Waals surface area contributed by atoms with Gasteiger partial charge in [-0.3, -0.25) is 0 Å². The first-order chi connectivity index (χ1) is 15.1. The summed E-state index contributed by atoms with van der Waals surface area (Å²) in [5.41, 5.74) is 3.44. The molecule has 5 rings (SSSR count). The zero-order valence-electron chi connectivity index (χ0n) is 17.0. The summed E-state index contributed by atoms with van der Waals surface area (Å²) in [4.78, 5) is 11.9. The molecule has 6 nitrogen and oxygen atoms in total. The summed E-state index contributed by atoms with van der Waals surface area (Å²) in [6.45, 7) is 0.846. The third-order valence-corrected chi connectivity index (χ3v) is 6.48. The molecule has 1 N–H and O–H groups in total. The predicted octanol–water partition coefficient (Wildman–Crippen LogP) is 4.57. The van der Waals surface area contributed by atoms with E-state index < -0.39 is 6.10 Å². The monoisotopic (exact) mass is 437 g/mol. The minimum atomic E-state index is -0.772. The third kappa shape index (κ3) is 3.28. The van der Waals surface area contributed by atoms with Gasteiger partial charge in [-0.25, -0.2) is 14.4 Å². The number of hydrogen-bond acceptors (Lipinski definition) is 7. The second kappa shape index (κ2) is 7.79. The molecule has 4 aromatic rings. The van der Waals surface area contributed by atoms with Crippen molar-refractivity contribution < 1.29 is 19.0 Å². The van der Waals surface area contributed by atoms with Gasteiger partial charge in [-0.2, -0.15) is 0 Å². The number of aliphatic hydroxyl groups is 1. The van der Waals surface area contributed by atoms with Crippen LogP contribution in [-0.4, -0.2) is 35.8 Å². The summed E-state index contributed by atoms with van der Waals surface area (Å²) in [6, 6.07) is 10.0. The summed E-state index contributed by atoms with van der Waals surface area (Å²) in [5.74, 6) is 1.77. The van der Waals surface area contributed by atoms with Crippen LogP contribution in [0.15, 0.2) is 48.1 Å². The Labute approximate surface area is 182 Å². The van der Waals surface area contributed by atoms with Crippen LogP contribution >= 0.6 is 11.3 Å². The average molecular weight is 437 g/mol. The lowest BCUT2D eigenvalue weighted by molar-refractivity contribution is 0.169. The van der Waals surface area contributed by atoms with Gasteiger partial charge in [-0.05, 0) is 29.8 Å². The molecule has 0 fully saturated rings. The van der Waals surface area contributed by atoms with E-state index in [4.69, 9.17) is 9.47 Å². The number of anilines is 1. The van der Waals surface area contributed by atoms with Crippen molar-refractivity contribution in [3.05, 3.63) is 65.0 Å². The smallest absolute Gasteiger partial charge is 0.141 e. The van der Waals surface area contributed by atoms with Crippen molar-refractivity contribution in [2.75, 3.05) is 25.7 Å². The lowest BCUT2D eigenvalue weighted by Crippen LogP contribution is -2.35. The Bertz CT molecular complexity index is 1260. The number of benzene rings is 2.